The van der Waals surface area contributed by atoms with Crippen LogP contribution in [0, 0.1) is 25.7 Å². The molecule has 134 valence electrons. The second-order valence-electron chi connectivity index (χ2n) is 7.18. The number of nitrogens with zero attached hydrogens (tertiary/aromatic N) is 3. The molecule has 0 spiro atoms. The van der Waals surface area contributed by atoms with Crippen LogP contribution in [0.5, 0.6) is 0 Å². The summed E-state index contributed by atoms with van der Waals surface area (Å²) in [5, 5.41) is 0. The highest BCUT2D eigenvalue weighted by molar-refractivity contribution is 5.96. The third kappa shape index (κ3) is 2.96. The molecule has 2 aliphatic rings. The lowest BCUT2D eigenvalue weighted by molar-refractivity contribution is 0.0779. The number of carbonyl (C=O) groups excluding carboxylic acids is 1. The highest BCUT2D eigenvalue weighted by atomic mass is 35.5. The molecule has 0 bridgehead atoms. The van der Waals surface area contributed by atoms with Crippen LogP contribution in [0.1, 0.15) is 34.6 Å². The van der Waals surface area contributed by atoms with Gasteiger partial charge in [0.15, 0.2) is 0 Å². The number of rotatable bonds is 2. The molecule has 5 nitrogen and oxygen atoms in total. The van der Waals surface area contributed by atoms with Crippen LogP contribution in [0.15, 0.2) is 30.5 Å². The van der Waals surface area contributed by atoms with Crippen molar-refractivity contribution in [3.63, 3.8) is 0 Å². The van der Waals surface area contributed by atoms with Gasteiger partial charge in [0, 0.05) is 36.7 Å². The van der Waals surface area contributed by atoms with Crippen molar-refractivity contribution in [2.75, 3.05) is 13.1 Å². The second-order valence-corrected chi connectivity index (χ2v) is 7.18. The molecule has 2 aromatic heterocycles. The topological polar surface area (TPSA) is 64.2 Å². The maximum Gasteiger partial charge on any atom is 0.255 e. The number of pyridine rings is 1. The fourth-order valence-corrected chi connectivity index (χ4v) is 4.46. The van der Waals surface area contributed by atoms with E-state index in [0.29, 0.717) is 11.8 Å². The van der Waals surface area contributed by atoms with Gasteiger partial charge in [-0.05, 0) is 56.7 Å². The smallest absolute Gasteiger partial charge is 0.255 e. The van der Waals surface area contributed by atoms with Gasteiger partial charge in [-0.3, -0.25) is 4.79 Å². The van der Waals surface area contributed by atoms with Gasteiger partial charge in [0.25, 0.3) is 5.91 Å². The summed E-state index contributed by atoms with van der Waals surface area (Å²) in [6, 6.07) is 8.07. The fourth-order valence-electron chi connectivity index (χ4n) is 4.46. The molecule has 3 heterocycles. The molecule has 3 atom stereocenters. The van der Waals surface area contributed by atoms with E-state index < -0.39 is 0 Å². The molecule has 2 fully saturated rings. The molecular formula is C19H25ClN4O. The van der Waals surface area contributed by atoms with Crippen LogP contribution < -0.4 is 5.73 Å². The summed E-state index contributed by atoms with van der Waals surface area (Å²) in [5.41, 5.74) is 8.98. The van der Waals surface area contributed by atoms with Crippen LogP contribution in [0.4, 0.5) is 0 Å². The highest BCUT2D eigenvalue weighted by Gasteiger charge is 2.43. The van der Waals surface area contributed by atoms with Crippen molar-refractivity contribution < 1.29 is 4.79 Å². The standard InChI is InChI=1S/C19H24N4O.ClH/c1-12-9-15(13(2)23(12)18-5-3-4-8-21-18)19(24)22-10-14-6-7-17(20)16(14)11-22;/h3-5,8-9,14,16-17H,6-7,10-11,20H2,1-2H3;1H. The molecule has 3 unspecified atom stereocenters. The molecule has 1 aliphatic heterocycles. The molecule has 1 aliphatic carbocycles. The van der Waals surface area contributed by atoms with E-state index >= 15 is 0 Å². The van der Waals surface area contributed by atoms with Crippen LogP contribution in [-0.2, 0) is 0 Å². The van der Waals surface area contributed by atoms with Crippen LogP contribution >= 0.6 is 12.4 Å². The number of amides is 1. The molecule has 2 aromatic rings. The summed E-state index contributed by atoms with van der Waals surface area (Å²) in [6.45, 7) is 5.67. The van der Waals surface area contributed by atoms with Crippen molar-refractivity contribution in [3.8, 4) is 5.82 Å². The Labute approximate surface area is 154 Å². The zero-order valence-corrected chi connectivity index (χ0v) is 15.5. The lowest BCUT2D eigenvalue weighted by Gasteiger charge is -2.19. The summed E-state index contributed by atoms with van der Waals surface area (Å²) in [4.78, 5) is 19.5. The number of fused-ring (bicyclic) bond motifs is 1. The molecular weight excluding hydrogens is 336 g/mol. The van der Waals surface area contributed by atoms with Crippen LogP contribution in [-0.4, -0.2) is 39.5 Å². The lowest BCUT2D eigenvalue weighted by Crippen LogP contribution is -2.33. The minimum absolute atomic E-state index is 0. The fraction of sp³-hybridized carbons (Fsp3) is 0.474. The lowest BCUT2D eigenvalue weighted by atomic mass is 9.98. The number of likely N-dealkylation sites (tertiary alicyclic amines) is 1. The maximum absolute atomic E-state index is 13.1. The Bertz CT molecular complexity index is 773. The van der Waals surface area contributed by atoms with Crippen molar-refractivity contribution in [1.82, 2.24) is 14.5 Å². The van der Waals surface area contributed by atoms with Gasteiger partial charge in [-0.15, -0.1) is 12.4 Å². The molecule has 25 heavy (non-hydrogen) atoms. The van der Waals surface area contributed by atoms with Crippen LogP contribution in [0.2, 0.25) is 0 Å². The Kier molecular flexibility index (Phi) is 4.89. The minimum atomic E-state index is 0. The van der Waals surface area contributed by atoms with Crippen molar-refractivity contribution in [3.05, 3.63) is 47.4 Å². The van der Waals surface area contributed by atoms with E-state index in [1.54, 1.807) is 6.20 Å². The molecule has 4 rings (SSSR count). The zero-order valence-electron chi connectivity index (χ0n) is 14.7. The van der Waals surface area contributed by atoms with E-state index in [9.17, 15) is 4.79 Å². The number of carbonyl (C=O) groups is 1. The summed E-state index contributed by atoms with van der Waals surface area (Å²) in [6.07, 6.45) is 4.03. The summed E-state index contributed by atoms with van der Waals surface area (Å²) in [7, 11) is 0. The van der Waals surface area contributed by atoms with Gasteiger partial charge in [0.1, 0.15) is 5.82 Å². The highest BCUT2D eigenvalue weighted by Crippen LogP contribution is 2.38. The Morgan fingerprint density at radius 1 is 1.24 bits per heavy atom. The van der Waals surface area contributed by atoms with E-state index in [2.05, 4.69) is 9.55 Å². The number of hydrogen-bond acceptors (Lipinski definition) is 3. The number of aryl methyl sites for hydroxylation is 1. The van der Waals surface area contributed by atoms with E-state index in [1.807, 2.05) is 43.0 Å². The van der Waals surface area contributed by atoms with Gasteiger partial charge in [-0.1, -0.05) is 6.07 Å². The van der Waals surface area contributed by atoms with E-state index in [0.717, 1.165) is 48.7 Å². The van der Waals surface area contributed by atoms with E-state index in [1.165, 1.54) is 0 Å². The third-order valence-corrected chi connectivity index (χ3v) is 5.74. The average Bonchev–Trinajstić information content (AvgIpc) is 3.23. The first-order valence-electron chi connectivity index (χ1n) is 8.71. The summed E-state index contributed by atoms with van der Waals surface area (Å²) >= 11 is 0. The Hall–Kier alpha value is -1.85. The van der Waals surface area contributed by atoms with E-state index in [4.69, 9.17) is 5.73 Å². The summed E-state index contributed by atoms with van der Waals surface area (Å²) < 4.78 is 2.05. The van der Waals surface area contributed by atoms with Crippen molar-refractivity contribution in [2.45, 2.75) is 32.7 Å². The molecule has 6 heteroatoms. The molecule has 1 saturated carbocycles. The SMILES string of the molecule is Cc1cc(C(=O)N2CC3CCC(N)C3C2)c(C)n1-c1ccccn1.Cl. The van der Waals surface area contributed by atoms with Gasteiger partial charge < -0.3 is 15.2 Å². The monoisotopic (exact) mass is 360 g/mol. The predicted molar refractivity (Wildman–Crippen MR) is 100 cm³/mol. The first-order chi connectivity index (χ1) is 11.6. The second kappa shape index (κ2) is 6.81. The predicted octanol–water partition coefficient (Wildman–Crippen LogP) is 2.72. The average molecular weight is 361 g/mol. The van der Waals surface area contributed by atoms with E-state index in [-0.39, 0.29) is 24.4 Å². The number of aromatic nitrogens is 2. The van der Waals surface area contributed by atoms with Gasteiger partial charge in [0.2, 0.25) is 0 Å². The van der Waals surface area contributed by atoms with Gasteiger partial charge in [0.05, 0.1) is 5.56 Å². The number of nitrogens with two attached hydrogens (primary N) is 1. The van der Waals surface area contributed by atoms with Crippen LogP contribution in [0.3, 0.4) is 0 Å². The zero-order chi connectivity index (χ0) is 16.8. The van der Waals surface area contributed by atoms with Gasteiger partial charge in [-0.2, -0.15) is 0 Å². The molecule has 2 N–H and O–H groups in total. The first-order valence-corrected chi connectivity index (χ1v) is 8.71. The Balaban J connectivity index is 0.00000182. The molecule has 1 amide bonds. The van der Waals surface area contributed by atoms with Crippen molar-refractivity contribution >= 4 is 18.3 Å². The normalized spacial score (nSPS) is 24.9. The van der Waals surface area contributed by atoms with Gasteiger partial charge >= 0.3 is 0 Å². The van der Waals surface area contributed by atoms with Crippen molar-refractivity contribution in [1.29, 1.82) is 0 Å². The minimum Gasteiger partial charge on any atom is -0.338 e. The van der Waals surface area contributed by atoms with Gasteiger partial charge in [-0.25, -0.2) is 4.98 Å². The maximum atomic E-state index is 13.1. The third-order valence-electron chi connectivity index (χ3n) is 5.74. The number of hydrogen-bond donors (Lipinski definition) is 1. The largest absolute Gasteiger partial charge is 0.338 e. The summed E-state index contributed by atoms with van der Waals surface area (Å²) in [5.74, 6) is 2.05. The Morgan fingerprint density at radius 2 is 2.04 bits per heavy atom. The van der Waals surface area contributed by atoms with Crippen molar-refractivity contribution in [2.24, 2.45) is 17.6 Å². The first kappa shape index (κ1) is 18.0. The van der Waals surface area contributed by atoms with Crippen LogP contribution in [0.25, 0.3) is 5.82 Å². The number of halogens is 1. The molecule has 0 radical (unpaired) electrons. The quantitative estimate of drug-likeness (QED) is 0.895. The molecule has 0 aromatic carbocycles. The molecule has 1 saturated heterocycles. The Morgan fingerprint density at radius 3 is 2.72 bits per heavy atom.